The molecule has 330 valence electrons. The van der Waals surface area contributed by atoms with Crippen molar-refractivity contribution in [2.24, 2.45) is 20.5 Å². The van der Waals surface area contributed by atoms with Gasteiger partial charge in [0.2, 0.25) is 11.8 Å². The van der Waals surface area contributed by atoms with Gasteiger partial charge in [0.25, 0.3) is 11.8 Å². The number of fused-ring (bicyclic) bond motifs is 1. The third-order valence-corrected chi connectivity index (χ3v) is 10.4. The van der Waals surface area contributed by atoms with Crippen LogP contribution >= 0.6 is 23.2 Å². The lowest BCUT2D eigenvalue weighted by Crippen LogP contribution is -2.52. The van der Waals surface area contributed by atoms with Crippen LogP contribution in [0.25, 0.3) is 0 Å². The normalized spacial score (nSPS) is 14.5. The lowest BCUT2D eigenvalue weighted by Gasteiger charge is -2.29. The van der Waals surface area contributed by atoms with Gasteiger partial charge < -0.3 is 24.8 Å². The molecule has 0 saturated carbocycles. The standard InChI is InChI=1S/C28H24ClN5O5.C19H21ClN2O3/c29-14-15-39-20-10-8-19(9-11-20)33-32-18-6-4-17(5-7-18)26(36)30-23-3-1-2-21-22(23)16-34(28(21)38)24-12-13-25(35)31-27(24)37;20-13-3-1-2-4-14-25-18-11-9-17(10-12-18)22-21-16-7-5-15(6-8-16)19(23)24/h1-11,24H,12-16H2,(H,30,36)(H,31,35,37);5-12H,1-4,13-14H2,(H,23,24). The van der Waals surface area contributed by atoms with Crippen molar-refractivity contribution in [3.8, 4) is 11.5 Å². The largest absolute Gasteiger partial charge is 0.494 e. The number of alkyl halides is 2. The number of carboxylic acid groups (broad SMARTS) is 1. The molecule has 2 heterocycles. The lowest BCUT2D eigenvalue weighted by molar-refractivity contribution is -0.136. The van der Waals surface area contributed by atoms with Gasteiger partial charge in [-0.1, -0.05) is 18.9 Å². The van der Waals surface area contributed by atoms with Crippen molar-refractivity contribution in [2.75, 3.05) is 30.3 Å². The maximum atomic E-state index is 13.0. The highest BCUT2D eigenvalue weighted by molar-refractivity contribution is 6.18. The van der Waals surface area contributed by atoms with E-state index in [9.17, 15) is 24.0 Å². The van der Waals surface area contributed by atoms with Crippen LogP contribution in [0.5, 0.6) is 11.5 Å². The van der Waals surface area contributed by atoms with E-state index in [2.05, 4.69) is 31.1 Å². The fraction of sp³-hybridized carbons (Fsp3) is 0.255. The van der Waals surface area contributed by atoms with Crippen molar-refractivity contribution in [1.82, 2.24) is 10.2 Å². The number of nitrogens with one attached hydrogen (secondary N) is 2. The predicted molar refractivity (Wildman–Crippen MR) is 242 cm³/mol. The monoisotopic (exact) mass is 905 g/mol. The smallest absolute Gasteiger partial charge is 0.335 e. The van der Waals surface area contributed by atoms with E-state index in [-0.39, 0.29) is 42.7 Å². The summed E-state index contributed by atoms with van der Waals surface area (Å²) in [6.45, 7) is 1.28. The molecular weight excluding hydrogens is 861 g/mol. The summed E-state index contributed by atoms with van der Waals surface area (Å²) in [6.07, 6.45) is 4.78. The van der Waals surface area contributed by atoms with Crippen LogP contribution in [-0.4, -0.2) is 70.6 Å². The first-order valence-corrected chi connectivity index (χ1v) is 21.6. The molecule has 0 aliphatic carbocycles. The predicted octanol–water partition coefficient (Wildman–Crippen LogP) is 10.7. The van der Waals surface area contributed by atoms with Gasteiger partial charge in [-0.25, -0.2) is 4.79 Å². The number of carboxylic acids is 1. The summed E-state index contributed by atoms with van der Waals surface area (Å²) in [5.74, 6) is 0.190. The Labute approximate surface area is 379 Å². The molecule has 5 aromatic carbocycles. The molecule has 1 fully saturated rings. The molecule has 64 heavy (non-hydrogen) atoms. The number of benzene rings is 5. The highest BCUT2D eigenvalue weighted by Gasteiger charge is 2.40. The number of hydrogen-bond donors (Lipinski definition) is 3. The van der Waals surface area contributed by atoms with Gasteiger partial charge in [0.1, 0.15) is 24.1 Å². The number of hydrogen-bond acceptors (Lipinski definition) is 11. The van der Waals surface area contributed by atoms with Crippen molar-refractivity contribution >= 4 is 81.2 Å². The number of amides is 4. The molecule has 15 nitrogen and oxygen atoms in total. The second kappa shape index (κ2) is 23.5. The number of imide groups is 1. The molecule has 3 N–H and O–H groups in total. The average Bonchev–Trinajstić information content (AvgIpc) is 3.65. The Balaban J connectivity index is 0.000000235. The van der Waals surface area contributed by atoms with Crippen LogP contribution in [0.3, 0.4) is 0 Å². The lowest BCUT2D eigenvalue weighted by atomic mass is 10.0. The minimum absolute atomic E-state index is 0.163. The number of azo groups is 2. The second-order valence-electron chi connectivity index (χ2n) is 14.5. The third-order valence-electron chi connectivity index (χ3n) is 9.95. The molecule has 4 amide bonds. The van der Waals surface area contributed by atoms with Crippen LogP contribution in [0.4, 0.5) is 28.4 Å². The van der Waals surface area contributed by atoms with Gasteiger partial charge in [0.05, 0.1) is 40.8 Å². The number of halogens is 2. The van der Waals surface area contributed by atoms with E-state index in [0.29, 0.717) is 70.0 Å². The number of nitrogens with zero attached hydrogens (tertiary/aromatic N) is 5. The molecule has 5 aromatic rings. The molecule has 0 spiro atoms. The van der Waals surface area contributed by atoms with Crippen molar-refractivity contribution in [3.05, 3.63) is 138 Å². The van der Waals surface area contributed by atoms with Gasteiger partial charge in [-0.05, 0) is 128 Å². The summed E-state index contributed by atoms with van der Waals surface area (Å²) in [4.78, 5) is 62.1. The molecular formula is C47H45Cl2N7O8. The molecule has 0 radical (unpaired) electrons. The highest BCUT2D eigenvalue weighted by atomic mass is 35.5. The maximum Gasteiger partial charge on any atom is 0.335 e. The summed E-state index contributed by atoms with van der Waals surface area (Å²) in [5, 5.41) is 30.6. The number of rotatable bonds is 18. The van der Waals surface area contributed by atoms with Gasteiger partial charge in [0.15, 0.2) is 0 Å². The summed E-state index contributed by atoms with van der Waals surface area (Å²) >= 11 is 11.3. The van der Waals surface area contributed by atoms with Crippen LogP contribution in [0.2, 0.25) is 0 Å². The summed E-state index contributed by atoms with van der Waals surface area (Å²) in [7, 11) is 0. The number of carbonyl (C=O) groups is 5. The Morgan fingerprint density at radius 2 is 1.20 bits per heavy atom. The number of ether oxygens (including phenoxy) is 2. The van der Waals surface area contributed by atoms with E-state index in [0.717, 1.165) is 37.3 Å². The third kappa shape index (κ3) is 13.3. The van der Waals surface area contributed by atoms with Crippen molar-refractivity contribution < 1.29 is 38.6 Å². The quantitative estimate of drug-likeness (QED) is 0.0333. The van der Waals surface area contributed by atoms with Gasteiger partial charge >= 0.3 is 5.97 Å². The van der Waals surface area contributed by atoms with E-state index >= 15 is 0 Å². The highest BCUT2D eigenvalue weighted by Crippen LogP contribution is 2.33. The first-order valence-electron chi connectivity index (χ1n) is 20.5. The SMILES string of the molecule is O=C(O)c1ccc(N=Nc2ccc(OCCCCCCCl)cc2)cc1.O=C1CCC(N2Cc3c(NC(=O)c4ccc(N=Nc5ccc(OCCCl)cc5)cc4)cccc3C2=O)C(=O)N1. The fourth-order valence-corrected chi connectivity index (χ4v) is 6.86. The second-order valence-corrected chi connectivity index (χ2v) is 15.2. The van der Waals surface area contributed by atoms with E-state index in [1.165, 1.54) is 17.0 Å². The Kier molecular flexibility index (Phi) is 17.1. The fourth-order valence-electron chi connectivity index (χ4n) is 6.59. The van der Waals surface area contributed by atoms with E-state index in [4.69, 9.17) is 37.8 Å². The summed E-state index contributed by atoms with van der Waals surface area (Å²) < 4.78 is 11.1. The number of piperidine rings is 1. The van der Waals surface area contributed by atoms with Gasteiger partial charge in [-0.15, -0.1) is 23.2 Å². The van der Waals surface area contributed by atoms with Crippen LogP contribution < -0.4 is 20.1 Å². The van der Waals surface area contributed by atoms with Crippen LogP contribution in [0.15, 0.2) is 136 Å². The van der Waals surface area contributed by atoms with Crippen LogP contribution in [-0.2, 0) is 16.1 Å². The molecule has 1 atom stereocenters. The van der Waals surface area contributed by atoms with Crippen molar-refractivity contribution in [3.63, 3.8) is 0 Å². The van der Waals surface area contributed by atoms with E-state index in [1.807, 2.05) is 24.3 Å². The Hall–Kier alpha value is -6.97. The summed E-state index contributed by atoms with van der Waals surface area (Å²) in [6, 6.07) is 31.7. The first kappa shape index (κ1) is 46.5. The van der Waals surface area contributed by atoms with Crippen molar-refractivity contribution in [2.45, 2.75) is 51.1 Å². The molecule has 17 heteroatoms. The number of aromatic carboxylic acids is 1. The molecule has 1 unspecified atom stereocenters. The topological polar surface area (TPSA) is 201 Å². The average molecular weight is 907 g/mol. The molecule has 1 saturated heterocycles. The Morgan fingerprint density at radius 1 is 0.672 bits per heavy atom. The van der Waals surface area contributed by atoms with Gasteiger partial charge in [0, 0.05) is 41.2 Å². The molecule has 0 bridgehead atoms. The zero-order valence-electron chi connectivity index (χ0n) is 34.6. The Morgan fingerprint density at radius 3 is 1.73 bits per heavy atom. The van der Waals surface area contributed by atoms with E-state index in [1.54, 1.807) is 78.9 Å². The summed E-state index contributed by atoms with van der Waals surface area (Å²) in [5.41, 5.74) is 4.69. The number of unbranched alkanes of at least 4 members (excludes halogenated alkanes) is 3. The molecule has 2 aliphatic rings. The molecule has 2 aliphatic heterocycles. The van der Waals surface area contributed by atoms with Crippen LogP contribution in [0.1, 0.15) is 75.2 Å². The molecule has 0 aromatic heterocycles. The first-order chi connectivity index (χ1) is 31.1. The minimum atomic E-state index is -0.960. The zero-order valence-corrected chi connectivity index (χ0v) is 36.1. The van der Waals surface area contributed by atoms with Gasteiger partial charge in [-0.2, -0.15) is 20.5 Å². The number of anilines is 1. The zero-order chi connectivity index (χ0) is 45.3. The van der Waals surface area contributed by atoms with Crippen molar-refractivity contribution in [1.29, 1.82) is 0 Å². The van der Waals surface area contributed by atoms with E-state index < -0.39 is 17.9 Å². The number of carbonyl (C=O) groups excluding carboxylic acids is 4. The van der Waals surface area contributed by atoms with Gasteiger partial charge in [-0.3, -0.25) is 24.5 Å². The molecule has 7 rings (SSSR count). The minimum Gasteiger partial charge on any atom is -0.494 e. The van der Waals surface area contributed by atoms with Crippen LogP contribution in [0, 0.1) is 0 Å². The maximum absolute atomic E-state index is 13.0. The Bertz CT molecular complexity index is 2470.